The molecule has 0 aliphatic heterocycles. The van der Waals surface area contributed by atoms with E-state index in [0.29, 0.717) is 19.8 Å². The van der Waals surface area contributed by atoms with Gasteiger partial charge in [-0.25, -0.2) is 0 Å². The first-order valence-electron chi connectivity index (χ1n) is 5.24. The Morgan fingerprint density at radius 1 is 0.933 bits per heavy atom. The average Bonchev–Trinajstić information content (AvgIpc) is 2.16. The Labute approximate surface area is 143 Å². The Bertz CT molecular complexity index is 124. The molecular formula is C9H21KO3SSi. The third-order valence-corrected chi connectivity index (χ3v) is 5.16. The fourth-order valence-electron chi connectivity index (χ4n) is 1.29. The fraction of sp³-hybridized carbons (Fsp3) is 1.00. The van der Waals surface area contributed by atoms with Crippen molar-refractivity contribution in [1.29, 1.82) is 0 Å². The van der Waals surface area contributed by atoms with E-state index in [9.17, 15) is 0 Å². The second-order valence-corrected chi connectivity index (χ2v) is 5.93. The molecule has 0 saturated heterocycles. The minimum Gasteiger partial charge on any atom is -0.793 e. The van der Waals surface area contributed by atoms with Crippen molar-refractivity contribution >= 4 is 21.4 Å². The van der Waals surface area contributed by atoms with Gasteiger partial charge < -0.3 is 25.9 Å². The Balaban J connectivity index is 0. The molecule has 0 atom stereocenters. The minimum atomic E-state index is -2.38. The first kappa shape index (κ1) is 19.4. The summed E-state index contributed by atoms with van der Waals surface area (Å²) in [5.41, 5.74) is 0. The van der Waals surface area contributed by atoms with Gasteiger partial charge in [-0.05, 0) is 20.8 Å². The van der Waals surface area contributed by atoms with Gasteiger partial charge >= 0.3 is 60.2 Å². The third kappa shape index (κ3) is 8.76. The summed E-state index contributed by atoms with van der Waals surface area (Å²) in [5, 5.41) is 0. The van der Waals surface area contributed by atoms with Gasteiger partial charge in [0.2, 0.25) is 0 Å². The van der Waals surface area contributed by atoms with Crippen LogP contribution in [0.3, 0.4) is 0 Å². The van der Waals surface area contributed by atoms with Crippen LogP contribution in [-0.4, -0.2) is 34.4 Å². The van der Waals surface area contributed by atoms with Gasteiger partial charge in [-0.3, -0.25) is 0 Å². The van der Waals surface area contributed by atoms with Crippen LogP contribution < -0.4 is 51.4 Å². The van der Waals surface area contributed by atoms with Gasteiger partial charge in [0.1, 0.15) is 0 Å². The summed E-state index contributed by atoms with van der Waals surface area (Å²) in [7, 11) is -2.38. The van der Waals surface area contributed by atoms with Crippen LogP contribution in [0.15, 0.2) is 0 Å². The molecule has 3 nitrogen and oxygen atoms in total. The molecule has 0 amide bonds. The van der Waals surface area contributed by atoms with E-state index in [-0.39, 0.29) is 51.4 Å². The van der Waals surface area contributed by atoms with E-state index in [1.807, 2.05) is 20.8 Å². The van der Waals surface area contributed by atoms with Crippen molar-refractivity contribution in [2.45, 2.75) is 33.2 Å². The molecule has 86 valence electrons. The van der Waals surface area contributed by atoms with Crippen molar-refractivity contribution in [3.63, 3.8) is 0 Å². The van der Waals surface area contributed by atoms with Crippen LogP contribution in [0.2, 0.25) is 6.04 Å². The maximum atomic E-state index is 5.66. The van der Waals surface area contributed by atoms with Gasteiger partial charge in [0.05, 0.1) is 0 Å². The van der Waals surface area contributed by atoms with E-state index in [2.05, 4.69) is 0 Å². The van der Waals surface area contributed by atoms with E-state index in [1.165, 1.54) is 0 Å². The van der Waals surface area contributed by atoms with E-state index in [4.69, 9.17) is 25.9 Å². The molecule has 0 aliphatic rings. The molecule has 0 unspecified atom stereocenters. The zero-order valence-corrected chi connectivity index (χ0v) is 15.3. The molecule has 0 spiro atoms. The van der Waals surface area contributed by atoms with Gasteiger partial charge in [-0.2, -0.15) is 5.75 Å². The predicted octanol–water partition coefficient (Wildman–Crippen LogP) is -1.02. The first-order chi connectivity index (χ1) is 6.74. The summed E-state index contributed by atoms with van der Waals surface area (Å²) in [4.78, 5) is 0. The molecule has 6 heteroatoms. The second-order valence-electron chi connectivity index (χ2n) is 2.79. The molecule has 0 N–H and O–H groups in total. The fourth-order valence-corrected chi connectivity index (χ4v) is 4.30. The van der Waals surface area contributed by atoms with Crippen LogP contribution in [0, 0.1) is 0 Å². The molecule has 0 saturated carbocycles. The molecule has 0 aromatic rings. The molecule has 0 radical (unpaired) electrons. The van der Waals surface area contributed by atoms with Crippen molar-refractivity contribution in [1.82, 2.24) is 0 Å². The SMILES string of the molecule is CCO[Si](CCC[S-])(OCC)OCC.[K+]. The average molecular weight is 277 g/mol. The summed E-state index contributed by atoms with van der Waals surface area (Å²) < 4.78 is 17.0. The molecule has 0 rings (SSSR count). The Morgan fingerprint density at radius 3 is 1.60 bits per heavy atom. The van der Waals surface area contributed by atoms with Crippen molar-refractivity contribution in [2.75, 3.05) is 25.6 Å². The zero-order chi connectivity index (χ0) is 10.9. The first-order valence-corrected chi connectivity index (χ1v) is 7.75. The number of rotatable bonds is 9. The normalized spacial score (nSPS) is 11.2. The maximum Gasteiger partial charge on any atom is 1.00 e. The van der Waals surface area contributed by atoms with Crippen LogP contribution in [0.4, 0.5) is 0 Å². The van der Waals surface area contributed by atoms with Gasteiger partial charge in [0, 0.05) is 25.9 Å². The molecule has 0 aromatic carbocycles. The van der Waals surface area contributed by atoms with Gasteiger partial charge in [-0.1, -0.05) is 6.42 Å². The Hall–Kier alpha value is 2.08. The summed E-state index contributed by atoms with van der Waals surface area (Å²) in [6, 6.07) is 0.839. The van der Waals surface area contributed by atoms with Crippen LogP contribution in [0.5, 0.6) is 0 Å². The van der Waals surface area contributed by atoms with E-state index in [0.717, 1.165) is 18.2 Å². The number of hydrogen-bond donors (Lipinski definition) is 0. The third-order valence-electron chi connectivity index (χ3n) is 1.72. The molecule has 15 heavy (non-hydrogen) atoms. The van der Waals surface area contributed by atoms with Crippen LogP contribution >= 0.6 is 0 Å². The van der Waals surface area contributed by atoms with Crippen molar-refractivity contribution in [3.8, 4) is 0 Å². The molecular weight excluding hydrogens is 255 g/mol. The largest absolute Gasteiger partial charge is 1.00 e. The van der Waals surface area contributed by atoms with Crippen molar-refractivity contribution < 1.29 is 64.7 Å². The van der Waals surface area contributed by atoms with Gasteiger partial charge in [0.15, 0.2) is 0 Å². The van der Waals surface area contributed by atoms with Gasteiger partial charge in [0.25, 0.3) is 0 Å². The number of hydrogen-bond acceptors (Lipinski definition) is 4. The van der Waals surface area contributed by atoms with Crippen LogP contribution in [0.25, 0.3) is 0 Å². The van der Waals surface area contributed by atoms with Crippen molar-refractivity contribution in [2.24, 2.45) is 0 Å². The maximum absolute atomic E-state index is 5.66. The minimum absolute atomic E-state index is 0. The molecule has 0 bridgehead atoms. The summed E-state index contributed by atoms with van der Waals surface area (Å²) in [6.07, 6.45) is 0.932. The molecule has 0 aliphatic carbocycles. The van der Waals surface area contributed by atoms with Crippen molar-refractivity contribution in [3.05, 3.63) is 0 Å². The summed E-state index contributed by atoms with van der Waals surface area (Å²) in [5.74, 6) is 0.738. The topological polar surface area (TPSA) is 27.7 Å². The second kappa shape index (κ2) is 12.5. The quantitative estimate of drug-likeness (QED) is 0.398. The van der Waals surface area contributed by atoms with E-state index in [1.54, 1.807) is 0 Å². The Morgan fingerprint density at radius 2 is 1.33 bits per heavy atom. The standard InChI is InChI=1S/C9H22O3SSi.K/c1-4-10-14(11-5-2,12-6-3)9-7-8-13;/h13H,4-9H2,1-3H3;/q;+1/p-1. The molecule has 0 fully saturated rings. The van der Waals surface area contributed by atoms with E-state index < -0.39 is 8.80 Å². The predicted molar refractivity (Wildman–Crippen MR) is 62.3 cm³/mol. The Kier molecular flexibility index (Phi) is 16.2. The monoisotopic (exact) mass is 276 g/mol. The summed E-state index contributed by atoms with van der Waals surface area (Å²) >= 11 is 4.93. The van der Waals surface area contributed by atoms with Crippen LogP contribution in [0.1, 0.15) is 27.2 Å². The van der Waals surface area contributed by atoms with Crippen LogP contribution in [-0.2, 0) is 25.9 Å². The molecule has 0 heterocycles. The smallest absolute Gasteiger partial charge is 0.793 e. The molecule has 0 aromatic heterocycles. The van der Waals surface area contributed by atoms with Gasteiger partial charge in [-0.15, -0.1) is 0 Å². The zero-order valence-electron chi connectivity index (χ0n) is 10.4. The summed E-state index contributed by atoms with van der Waals surface area (Å²) in [6.45, 7) is 7.82. The van der Waals surface area contributed by atoms with E-state index >= 15 is 0 Å².